The zero-order valence-electron chi connectivity index (χ0n) is 21.8. The molecular formula is C30H27NO10. The van der Waals surface area contributed by atoms with Gasteiger partial charge in [0.25, 0.3) is 5.91 Å². The molecule has 3 aromatic carbocycles. The standard InChI is InChI=1S/C30H27NO10/c1-13-9-15-10-19(13)27(25(15)31-28(37)14-5-7-17(32)8-6-14)41-30(40)16-11-21(34)24(22(35)12-16)26(36)23-18(29(38)39)3-2-4-20(23)33/h2-8,11-13,15,19,25,27,32-35H,9-10H2,1H3,(H,31,37)(H,38,39)/t13-,15?,19?,25?,27-/m0/s1. The number of fused-ring (bicyclic) bond motifs is 2. The number of ether oxygens (including phenoxy) is 1. The van der Waals surface area contributed by atoms with Crippen LogP contribution in [0.2, 0.25) is 0 Å². The minimum atomic E-state index is -1.50. The summed E-state index contributed by atoms with van der Waals surface area (Å²) in [5.74, 6) is -5.98. The number of phenolic OH excluding ortho intramolecular Hbond substituents is 4. The van der Waals surface area contributed by atoms with E-state index in [4.69, 9.17) is 4.74 Å². The van der Waals surface area contributed by atoms with Gasteiger partial charge in [-0.05, 0) is 73.2 Å². The first-order chi connectivity index (χ1) is 19.5. The number of esters is 1. The summed E-state index contributed by atoms with van der Waals surface area (Å²) in [6.07, 6.45) is 0.875. The van der Waals surface area contributed by atoms with Gasteiger partial charge in [0.15, 0.2) is 0 Å². The smallest absolute Gasteiger partial charge is 0.338 e. The summed E-state index contributed by atoms with van der Waals surface area (Å²) in [4.78, 5) is 50.7. The summed E-state index contributed by atoms with van der Waals surface area (Å²) in [7, 11) is 0. The minimum Gasteiger partial charge on any atom is -0.508 e. The molecule has 3 unspecified atom stereocenters. The van der Waals surface area contributed by atoms with E-state index in [1.807, 2.05) is 6.92 Å². The summed E-state index contributed by atoms with van der Waals surface area (Å²) >= 11 is 0. The van der Waals surface area contributed by atoms with Gasteiger partial charge in [-0.1, -0.05) is 13.0 Å². The second-order valence-electron chi connectivity index (χ2n) is 10.5. The van der Waals surface area contributed by atoms with E-state index in [-0.39, 0.29) is 35.0 Å². The molecule has 0 saturated heterocycles. The largest absolute Gasteiger partial charge is 0.508 e. The molecule has 2 aliphatic carbocycles. The zero-order valence-corrected chi connectivity index (χ0v) is 21.8. The number of benzene rings is 3. The molecule has 0 aromatic heterocycles. The zero-order chi connectivity index (χ0) is 29.6. The molecule has 3 aromatic rings. The van der Waals surface area contributed by atoms with Crippen molar-refractivity contribution in [3.63, 3.8) is 0 Å². The van der Waals surface area contributed by atoms with E-state index in [9.17, 15) is 44.7 Å². The van der Waals surface area contributed by atoms with Crippen LogP contribution in [-0.4, -0.2) is 61.3 Å². The van der Waals surface area contributed by atoms with Gasteiger partial charge in [-0.25, -0.2) is 9.59 Å². The molecule has 11 heteroatoms. The number of hydrogen-bond acceptors (Lipinski definition) is 9. The van der Waals surface area contributed by atoms with Gasteiger partial charge in [0.1, 0.15) is 34.7 Å². The van der Waals surface area contributed by atoms with E-state index < -0.39 is 63.8 Å². The van der Waals surface area contributed by atoms with Crippen LogP contribution >= 0.6 is 0 Å². The first kappa shape index (κ1) is 27.5. The van der Waals surface area contributed by atoms with Gasteiger partial charge >= 0.3 is 11.9 Å². The number of aromatic carboxylic acids is 1. The highest BCUT2D eigenvalue weighted by Crippen LogP contribution is 2.50. The number of nitrogens with one attached hydrogen (secondary N) is 1. The van der Waals surface area contributed by atoms with E-state index in [1.54, 1.807) is 0 Å². The average molecular weight is 562 g/mol. The predicted molar refractivity (Wildman–Crippen MR) is 142 cm³/mol. The third-order valence-electron chi connectivity index (χ3n) is 7.99. The molecule has 2 saturated carbocycles. The number of carbonyl (C=O) groups is 4. The van der Waals surface area contributed by atoms with Crippen LogP contribution in [0.5, 0.6) is 23.0 Å². The van der Waals surface area contributed by atoms with Crippen LogP contribution in [0.4, 0.5) is 0 Å². The molecule has 2 bridgehead atoms. The minimum absolute atomic E-state index is 0.0178. The van der Waals surface area contributed by atoms with Crippen molar-refractivity contribution in [3.8, 4) is 23.0 Å². The molecule has 11 nitrogen and oxygen atoms in total. The van der Waals surface area contributed by atoms with Crippen molar-refractivity contribution in [2.24, 2.45) is 17.8 Å². The molecule has 41 heavy (non-hydrogen) atoms. The Kier molecular flexibility index (Phi) is 7.04. The van der Waals surface area contributed by atoms with Crippen molar-refractivity contribution in [3.05, 3.63) is 82.4 Å². The topological polar surface area (TPSA) is 191 Å². The lowest BCUT2D eigenvalue weighted by Crippen LogP contribution is -2.50. The van der Waals surface area contributed by atoms with E-state index >= 15 is 0 Å². The van der Waals surface area contributed by atoms with Crippen LogP contribution in [0.25, 0.3) is 0 Å². The molecule has 0 spiro atoms. The second-order valence-corrected chi connectivity index (χ2v) is 10.5. The number of rotatable bonds is 7. The summed E-state index contributed by atoms with van der Waals surface area (Å²) in [6, 6.07) is 10.5. The SMILES string of the molecule is C[C@H]1CC2CC1[C@H](OC(=O)c1cc(O)c(C(=O)c3c(O)cccc3C(=O)O)c(O)c1)C2NC(=O)c1ccc(O)cc1. The molecule has 0 aliphatic heterocycles. The lowest BCUT2D eigenvalue weighted by molar-refractivity contribution is -0.00366. The number of carbonyl (C=O) groups excluding carboxylic acids is 3. The van der Waals surface area contributed by atoms with Gasteiger partial charge in [0.05, 0.1) is 22.7 Å². The molecular weight excluding hydrogens is 534 g/mol. The first-order valence-electron chi connectivity index (χ1n) is 12.9. The lowest BCUT2D eigenvalue weighted by Gasteiger charge is -2.34. The monoisotopic (exact) mass is 561 g/mol. The van der Waals surface area contributed by atoms with Crippen molar-refractivity contribution in [1.29, 1.82) is 0 Å². The number of phenols is 4. The molecule has 0 radical (unpaired) electrons. The van der Waals surface area contributed by atoms with Crippen LogP contribution in [0.15, 0.2) is 54.6 Å². The first-order valence-corrected chi connectivity index (χ1v) is 12.9. The summed E-state index contributed by atoms with van der Waals surface area (Å²) in [5, 5.41) is 53.2. The maximum absolute atomic E-state index is 13.2. The van der Waals surface area contributed by atoms with Crippen LogP contribution in [-0.2, 0) is 4.74 Å². The summed E-state index contributed by atoms with van der Waals surface area (Å²) < 4.78 is 5.82. The van der Waals surface area contributed by atoms with E-state index in [0.29, 0.717) is 5.56 Å². The van der Waals surface area contributed by atoms with Crippen LogP contribution < -0.4 is 5.32 Å². The molecule has 2 fully saturated rings. The van der Waals surface area contributed by atoms with Crippen LogP contribution in [0.3, 0.4) is 0 Å². The Bertz CT molecular complexity index is 1540. The Morgan fingerprint density at radius 3 is 2.12 bits per heavy atom. The van der Waals surface area contributed by atoms with Crippen molar-refractivity contribution in [2.45, 2.75) is 31.9 Å². The maximum atomic E-state index is 13.2. The normalized spacial score (nSPS) is 22.7. The molecule has 5 rings (SSSR count). The van der Waals surface area contributed by atoms with Gasteiger partial charge in [0, 0.05) is 11.5 Å². The number of ketones is 1. The number of carboxylic acids is 1. The Morgan fingerprint density at radius 2 is 1.49 bits per heavy atom. The molecule has 6 N–H and O–H groups in total. The predicted octanol–water partition coefficient (Wildman–Crippen LogP) is 3.44. The summed E-state index contributed by atoms with van der Waals surface area (Å²) in [6.45, 7) is 2.03. The number of amides is 1. The molecule has 5 atom stereocenters. The Hall–Kier alpha value is -5.06. The lowest BCUT2D eigenvalue weighted by atomic mass is 9.84. The fraction of sp³-hybridized carbons (Fsp3) is 0.267. The number of aromatic hydroxyl groups is 4. The quantitative estimate of drug-likeness (QED) is 0.184. The molecule has 2 aliphatic rings. The van der Waals surface area contributed by atoms with Gasteiger partial charge in [0.2, 0.25) is 5.78 Å². The third-order valence-corrected chi connectivity index (χ3v) is 7.99. The van der Waals surface area contributed by atoms with Crippen molar-refractivity contribution < 1.29 is 49.4 Å². The highest BCUT2D eigenvalue weighted by molar-refractivity contribution is 6.18. The number of hydrogen-bond donors (Lipinski definition) is 6. The fourth-order valence-electron chi connectivity index (χ4n) is 6.06. The van der Waals surface area contributed by atoms with Crippen molar-refractivity contribution >= 4 is 23.6 Å². The van der Waals surface area contributed by atoms with Gasteiger partial charge in [-0.3, -0.25) is 9.59 Å². The Morgan fingerprint density at radius 1 is 0.829 bits per heavy atom. The fourth-order valence-corrected chi connectivity index (χ4v) is 6.06. The van der Waals surface area contributed by atoms with E-state index in [0.717, 1.165) is 37.1 Å². The van der Waals surface area contributed by atoms with Crippen LogP contribution in [0.1, 0.15) is 66.8 Å². The average Bonchev–Trinajstić information content (AvgIpc) is 3.45. The molecule has 0 heterocycles. The third kappa shape index (κ3) is 5.02. The van der Waals surface area contributed by atoms with E-state index in [2.05, 4.69) is 5.32 Å². The van der Waals surface area contributed by atoms with E-state index in [1.165, 1.54) is 30.3 Å². The second kappa shape index (κ2) is 10.5. The highest BCUT2D eigenvalue weighted by Gasteiger charge is 2.53. The Balaban J connectivity index is 1.38. The van der Waals surface area contributed by atoms with Crippen molar-refractivity contribution in [2.75, 3.05) is 0 Å². The highest BCUT2D eigenvalue weighted by atomic mass is 16.5. The van der Waals surface area contributed by atoms with Gasteiger partial charge in [-0.15, -0.1) is 0 Å². The Labute approximate surface area is 233 Å². The van der Waals surface area contributed by atoms with Crippen LogP contribution in [0, 0.1) is 17.8 Å². The summed E-state index contributed by atoms with van der Waals surface area (Å²) in [5.41, 5.74) is -1.81. The maximum Gasteiger partial charge on any atom is 0.338 e. The van der Waals surface area contributed by atoms with Crippen molar-refractivity contribution in [1.82, 2.24) is 5.32 Å². The molecule has 212 valence electrons. The molecule has 1 amide bonds. The number of carboxylic acid groups (broad SMARTS) is 1. The van der Waals surface area contributed by atoms with Gasteiger partial charge < -0.3 is 35.6 Å². The van der Waals surface area contributed by atoms with Gasteiger partial charge in [-0.2, -0.15) is 0 Å².